The molecule has 0 aliphatic heterocycles. The average molecular weight is 196 g/mol. The number of hydrogen-bond acceptors (Lipinski definition) is 2. The second-order valence-corrected chi connectivity index (χ2v) is 5.53. The molecule has 2 aliphatic carbocycles. The maximum Gasteiger partial charge on any atom is 0.0246 e. The lowest BCUT2D eigenvalue weighted by Crippen LogP contribution is -2.50. The second kappa shape index (κ2) is 4.19. The van der Waals surface area contributed by atoms with Gasteiger partial charge in [0.15, 0.2) is 0 Å². The molecule has 0 saturated heterocycles. The van der Waals surface area contributed by atoms with E-state index < -0.39 is 0 Å². The summed E-state index contributed by atoms with van der Waals surface area (Å²) >= 11 is 0. The van der Waals surface area contributed by atoms with Crippen LogP contribution in [-0.2, 0) is 0 Å². The van der Waals surface area contributed by atoms with Crippen molar-refractivity contribution in [1.82, 2.24) is 4.90 Å². The van der Waals surface area contributed by atoms with E-state index in [2.05, 4.69) is 18.9 Å². The molecule has 3 atom stereocenters. The molecule has 14 heavy (non-hydrogen) atoms. The third-order valence-corrected chi connectivity index (χ3v) is 3.94. The van der Waals surface area contributed by atoms with E-state index in [1.807, 2.05) is 0 Å². The zero-order valence-corrected chi connectivity index (χ0v) is 9.58. The molecule has 2 fully saturated rings. The van der Waals surface area contributed by atoms with Crippen molar-refractivity contribution in [1.29, 1.82) is 0 Å². The van der Waals surface area contributed by atoms with Crippen LogP contribution < -0.4 is 5.73 Å². The van der Waals surface area contributed by atoms with Crippen LogP contribution in [0.3, 0.4) is 0 Å². The van der Waals surface area contributed by atoms with E-state index in [9.17, 15) is 0 Å². The van der Waals surface area contributed by atoms with Crippen LogP contribution in [0.5, 0.6) is 0 Å². The van der Waals surface area contributed by atoms with Crippen molar-refractivity contribution in [3.8, 4) is 0 Å². The molecule has 2 aliphatic rings. The molecule has 82 valence electrons. The molecule has 2 heteroatoms. The van der Waals surface area contributed by atoms with Crippen LogP contribution in [-0.4, -0.2) is 30.6 Å². The van der Waals surface area contributed by atoms with Gasteiger partial charge in [0.05, 0.1) is 0 Å². The summed E-state index contributed by atoms with van der Waals surface area (Å²) in [5.74, 6) is 1.87. The summed E-state index contributed by atoms with van der Waals surface area (Å²) in [7, 11) is 2.26. The summed E-state index contributed by atoms with van der Waals surface area (Å²) < 4.78 is 0. The zero-order valence-electron chi connectivity index (χ0n) is 9.58. The van der Waals surface area contributed by atoms with Gasteiger partial charge in [0.25, 0.3) is 0 Å². The Labute approximate surface area is 87.8 Å². The summed E-state index contributed by atoms with van der Waals surface area (Å²) in [6, 6.07) is 1.08. The molecule has 2 nitrogen and oxygen atoms in total. The maximum atomic E-state index is 6.20. The van der Waals surface area contributed by atoms with Crippen molar-refractivity contribution in [3.63, 3.8) is 0 Å². The first-order chi connectivity index (χ1) is 6.66. The zero-order chi connectivity index (χ0) is 10.1. The predicted octanol–water partition coefficient (Wildman–Crippen LogP) is 1.84. The van der Waals surface area contributed by atoms with Crippen molar-refractivity contribution in [3.05, 3.63) is 0 Å². The summed E-state index contributed by atoms with van der Waals surface area (Å²) in [6.45, 7) is 3.65. The Bertz CT molecular complexity index is 189. The first kappa shape index (κ1) is 10.4. The van der Waals surface area contributed by atoms with E-state index in [1.165, 1.54) is 38.6 Å². The average Bonchev–Trinajstić information content (AvgIpc) is 2.93. The lowest BCUT2D eigenvalue weighted by molar-refractivity contribution is 0.138. The Kier molecular flexibility index (Phi) is 3.13. The van der Waals surface area contributed by atoms with E-state index in [0.29, 0.717) is 12.1 Å². The van der Waals surface area contributed by atoms with E-state index in [1.54, 1.807) is 0 Å². The molecule has 0 radical (unpaired) electrons. The SMILES string of the molecule is CC1CCC(N)C(N(C)CC2CC2)C1. The van der Waals surface area contributed by atoms with Gasteiger partial charge in [-0.05, 0) is 51.0 Å². The highest BCUT2D eigenvalue weighted by Crippen LogP contribution is 2.32. The minimum atomic E-state index is 0.426. The highest BCUT2D eigenvalue weighted by molar-refractivity contribution is 4.89. The standard InChI is InChI=1S/C12H24N2/c1-9-3-6-11(13)12(7-9)14(2)8-10-4-5-10/h9-12H,3-8,13H2,1-2H3. The summed E-state index contributed by atoms with van der Waals surface area (Å²) in [5.41, 5.74) is 6.20. The van der Waals surface area contributed by atoms with E-state index >= 15 is 0 Å². The molecule has 0 spiro atoms. The molecule has 0 bridgehead atoms. The van der Waals surface area contributed by atoms with Gasteiger partial charge in [-0.2, -0.15) is 0 Å². The van der Waals surface area contributed by atoms with Gasteiger partial charge in [0.1, 0.15) is 0 Å². The molecular formula is C12H24N2. The minimum absolute atomic E-state index is 0.426. The largest absolute Gasteiger partial charge is 0.326 e. The van der Waals surface area contributed by atoms with Gasteiger partial charge >= 0.3 is 0 Å². The Morgan fingerprint density at radius 2 is 1.93 bits per heavy atom. The summed E-state index contributed by atoms with van der Waals surface area (Å²) in [4.78, 5) is 2.53. The van der Waals surface area contributed by atoms with Crippen LogP contribution in [0.25, 0.3) is 0 Å². The van der Waals surface area contributed by atoms with Crippen LogP contribution in [0.15, 0.2) is 0 Å². The highest BCUT2D eigenvalue weighted by Gasteiger charge is 2.32. The van der Waals surface area contributed by atoms with Crippen LogP contribution in [0, 0.1) is 11.8 Å². The van der Waals surface area contributed by atoms with Gasteiger partial charge in [-0.15, -0.1) is 0 Å². The van der Waals surface area contributed by atoms with Crippen molar-refractivity contribution >= 4 is 0 Å². The van der Waals surface area contributed by atoms with Crippen molar-refractivity contribution in [2.75, 3.05) is 13.6 Å². The van der Waals surface area contributed by atoms with Gasteiger partial charge in [0.2, 0.25) is 0 Å². The van der Waals surface area contributed by atoms with Crippen LogP contribution in [0.2, 0.25) is 0 Å². The second-order valence-electron chi connectivity index (χ2n) is 5.53. The van der Waals surface area contributed by atoms with E-state index in [4.69, 9.17) is 5.73 Å². The summed E-state index contributed by atoms with van der Waals surface area (Å²) in [6.07, 6.45) is 6.75. The fourth-order valence-electron chi connectivity index (χ4n) is 2.72. The first-order valence-corrected chi connectivity index (χ1v) is 6.12. The van der Waals surface area contributed by atoms with Crippen LogP contribution >= 0.6 is 0 Å². The van der Waals surface area contributed by atoms with Crippen LogP contribution in [0.1, 0.15) is 39.0 Å². The molecule has 0 aromatic rings. The minimum Gasteiger partial charge on any atom is -0.326 e. The number of nitrogens with zero attached hydrogens (tertiary/aromatic N) is 1. The number of rotatable bonds is 3. The van der Waals surface area contributed by atoms with E-state index in [0.717, 1.165) is 11.8 Å². The van der Waals surface area contributed by atoms with Gasteiger partial charge < -0.3 is 10.6 Å². The molecule has 0 aromatic heterocycles. The third kappa shape index (κ3) is 2.48. The predicted molar refractivity (Wildman–Crippen MR) is 60.1 cm³/mol. The quantitative estimate of drug-likeness (QED) is 0.746. The fourth-order valence-corrected chi connectivity index (χ4v) is 2.72. The third-order valence-electron chi connectivity index (χ3n) is 3.94. The first-order valence-electron chi connectivity index (χ1n) is 6.12. The van der Waals surface area contributed by atoms with Gasteiger partial charge in [-0.25, -0.2) is 0 Å². The highest BCUT2D eigenvalue weighted by atomic mass is 15.2. The van der Waals surface area contributed by atoms with E-state index in [-0.39, 0.29) is 0 Å². The monoisotopic (exact) mass is 196 g/mol. The number of nitrogens with two attached hydrogens (primary N) is 1. The topological polar surface area (TPSA) is 29.3 Å². The molecule has 0 heterocycles. The lowest BCUT2D eigenvalue weighted by Gasteiger charge is -2.38. The summed E-state index contributed by atoms with van der Waals surface area (Å²) in [5, 5.41) is 0. The van der Waals surface area contributed by atoms with Crippen molar-refractivity contribution in [2.24, 2.45) is 17.6 Å². The number of likely N-dealkylation sites (N-methyl/N-ethyl adjacent to an activating group) is 1. The number of hydrogen-bond donors (Lipinski definition) is 1. The molecule has 2 rings (SSSR count). The molecule has 3 unspecified atom stereocenters. The van der Waals surface area contributed by atoms with Gasteiger partial charge in [-0.1, -0.05) is 6.92 Å². The van der Waals surface area contributed by atoms with Gasteiger partial charge in [0, 0.05) is 18.6 Å². The molecular weight excluding hydrogens is 172 g/mol. The molecule has 0 amide bonds. The Hall–Kier alpha value is -0.0800. The van der Waals surface area contributed by atoms with Crippen molar-refractivity contribution < 1.29 is 0 Å². The smallest absolute Gasteiger partial charge is 0.0246 e. The maximum absolute atomic E-state index is 6.20. The Morgan fingerprint density at radius 1 is 1.21 bits per heavy atom. The molecule has 2 saturated carbocycles. The Balaban J connectivity index is 1.85. The normalized spacial score (nSPS) is 39.0. The van der Waals surface area contributed by atoms with Crippen molar-refractivity contribution in [2.45, 2.75) is 51.1 Å². The molecule has 2 N–H and O–H groups in total. The van der Waals surface area contributed by atoms with Gasteiger partial charge in [-0.3, -0.25) is 0 Å². The Morgan fingerprint density at radius 3 is 2.57 bits per heavy atom. The van der Waals surface area contributed by atoms with Crippen LogP contribution in [0.4, 0.5) is 0 Å². The lowest BCUT2D eigenvalue weighted by atomic mass is 9.83. The fraction of sp³-hybridized carbons (Fsp3) is 1.00. The molecule has 0 aromatic carbocycles.